The largest absolute Gasteiger partial charge is 0.356 e. The minimum atomic E-state index is -3.49. The first-order valence-electron chi connectivity index (χ1n) is 11.5. The van der Waals surface area contributed by atoms with Gasteiger partial charge in [0.2, 0.25) is 15.9 Å². The van der Waals surface area contributed by atoms with Gasteiger partial charge in [0.25, 0.3) is 0 Å². The molecule has 1 fully saturated rings. The number of amides is 1. The van der Waals surface area contributed by atoms with Gasteiger partial charge in [-0.25, -0.2) is 8.42 Å². The summed E-state index contributed by atoms with van der Waals surface area (Å²) in [6, 6.07) is 15.9. The molecule has 4 rings (SSSR count). The van der Waals surface area contributed by atoms with Crippen LogP contribution in [-0.2, 0) is 34.1 Å². The zero-order valence-electron chi connectivity index (χ0n) is 18.1. The van der Waals surface area contributed by atoms with Gasteiger partial charge in [-0.05, 0) is 80.2 Å². The zero-order chi connectivity index (χ0) is 21.7. The normalized spacial score (nSPS) is 17.8. The second-order valence-corrected chi connectivity index (χ2v) is 10.6. The molecule has 5 nitrogen and oxygen atoms in total. The summed E-state index contributed by atoms with van der Waals surface area (Å²) in [6.45, 7) is 1.46. The standard InChI is InChI=1S/C25H32N2O3S/c28-25(26-16-6-9-20-7-2-1-3-8-20)22-14-17-27(18-15-22)31(29,30)24-13-12-21-10-4-5-11-23(21)19-24/h1-3,7-8,12-13,19,22H,4-6,9-11,14-18H2,(H,26,28). The molecule has 2 aromatic carbocycles. The first-order chi connectivity index (χ1) is 15.0. The summed E-state index contributed by atoms with van der Waals surface area (Å²) >= 11 is 0. The number of hydrogen-bond acceptors (Lipinski definition) is 3. The van der Waals surface area contributed by atoms with Crippen molar-refractivity contribution < 1.29 is 13.2 Å². The first-order valence-corrected chi connectivity index (χ1v) is 12.9. The Morgan fingerprint density at radius 1 is 0.968 bits per heavy atom. The maximum atomic E-state index is 13.1. The Kier molecular flexibility index (Phi) is 7.08. The molecular weight excluding hydrogens is 408 g/mol. The summed E-state index contributed by atoms with van der Waals surface area (Å²) in [5, 5.41) is 3.04. The minimum Gasteiger partial charge on any atom is -0.356 e. The Labute approximate surface area is 185 Å². The Morgan fingerprint density at radius 2 is 1.68 bits per heavy atom. The lowest BCUT2D eigenvalue weighted by atomic mass is 9.92. The van der Waals surface area contributed by atoms with Crippen LogP contribution in [0, 0.1) is 5.92 Å². The predicted molar refractivity (Wildman–Crippen MR) is 122 cm³/mol. The van der Waals surface area contributed by atoms with E-state index in [1.54, 1.807) is 10.4 Å². The molecule has 1 aliphatic carbocycles. The molecule has 1 N–H and O–H groups in total. The van der Waals surface area contributed by atoms with Gasteiger partial charge in [-0.3, -0.25) is 4.79 Å². The molecule has 0 spiro atoms. The van der Waals surface area contributed by atoms with E-state index >= 15 is 0 Å². The molecule has 31 heavy (non-hydrogen) atoms. The van der Waals surface area contributed by atoms with Crippen LogP contribution in [0.2, 0.25) is 0 Å². The molecule has 1 saturated heterocycles. The summed E-state index contributed by atoms with van der Waals surface area (Å²) in [6.07, 6.45) is 7.32. The summed E-state index contributed by atoms with van der Waals surface area (Å²) in [5.41, 5.74) is 3.74. The van der Waals surface area contributed by atoms with Gasteiger partial charge in [-0.15, -0.1) is 0 Å². The molecule has 1 aliphatic heterocycles. The van der Waals surface area contributed by atoms with E-state index in [0.29, 0.717) is 37.4 Å². The van der Waals surface area contributed by atoms with E-state index in [0.717, 1.165) is 32.1 Å². The third-order valence-corrected chi connectivity index (χ3v) is 8.46. The SMILES string of the molecule is O=C(NCCCc1ccccc1)C1CCN(S(=O)(=O)c2ccc3c(c2)CCCC3)CC1. The van der Waals surface area contributed by atoms with Crippen LogP contribution in [0.5, 0.6) is 0 Å². The number of nitrogens with zero attached hydrogens (tertiary/aromatic N) is 1. The number of fused-ring (bicyclic) bond motifs is 1. The smallest absolute Gasteiger partial charge is 0.243 e. The lowest BCUT2D eigenvalue weighted by molar-refractivity contribution is -0.126. The molecule has 0 atom stereocenters. The molecule has 0 unspecified atom stereocenters. The number of carbonyl (C=O) groups is 1. The maximum absolute atomic E-state index is 13.1. The van der Waals surface area contributed by atoms with Crippen LogP contribution in [0.25, 0.3) is 0 Å². The Bertz CT molecular complexity index is 997. The molecule has 0 bridgehead atoms. The Balaban J connectivity index is 1.26. The van der Waals surface area contributed by atoms with Crippen molar-refractivity contribution in [3.05, 3.63) is 65.2 Å². The molecule has 2 aliphatic rings. The van der Waals surface area contributed by atoms with Gasteiger partial charge in [0.1, 0.15) is 0 Å². The Morgan fingerprint density at radius 3 is 2.42 bits per heavy atom. The number of nitrogens with one attached hydrogen (secondary N) is 1. The van der Waals surface area contributed by atoms with Crippen molar-refractivity contribution in [1.82, 2.24) is 9.62 Å². The quantitative estimate of drug-likeness (QED) is 0.668. The number of aryl methyl sites for hydroxylation is 3. The van der Waals surface area contributed by atoms with Crippen molar-refractivity contribution in [2.24, 2.45) is 5.92 Å². The van der Waals surface area contributed by atoms with E-state index in [-0.39, 0.29) is 11.8 Å². The highest BCUT2D eigenvalue weighted by atomic mass is 32.2. The molecule has 1 heterocycles. The molecule has 6 heteroatoms. The number of piperidine rings is 1. The van der Waals surface area contributed by atoms with Crippen LogP contribution in [-0.4, -0.2) is 38.3 Å². The van der Waals surface area contributed by atoms with Crippen LogP contribution >= 0.6 is 0 Å². The van der Waals surface area contributed by atoms with E-state index < -0.39 is 10.0 Å². The summed E-state index contributed by atoms with van der Waals surface area (Å²) in [4.78, 5) is 12.9. The molecule has 0 radical (unpaired) electrons. The lowest BCUT2D eigenvalue weighted by Crippen LogP contribution is -2.43. The zero-order valence-corrected chi connectivity index (χ0v) is 18.9. The second-order valence-electron chi connectivity index (χ2n) is 8.70. The molecular formula is C25H32N2O3S. The second kappa shape index (κ2) is 9.96. The van der Waals surface area contributed by atoms with Crippen molar-refractivity contribution in [2.45, 2.75) is 56.3 Å². The molecule has 1 amide bonds. The fourth-order valence-corrected chi connectivity index (χ4v) is 6.19. The van der Waals surface area contributed by atoms with Crippen LogP contribution < -0.4 is 5.32 Å². The van der Waals surface area contributed by atoms with E-state index in [4.69, 9.17) is 0 Å². The van der Waals surface area contributed by atoms with Crippen molar-refractivity contribution in [2.75, 3.05) is 19.6 Å². The van der Waals surface area contributed by atoms with Gasteiger partial charge < -0.3 is 5.32 Å². The number of benzene rings is 2. The first kappa shape index (κ1) is 22.0. The maximum Gasteiger partial charge on any atom is 0.243 e. The highest BCUT2D eigenvalue weighted by molar-refractivity contribution is 7.89. The summed E-state index contributed by atoms with van der Waals surface area (Å²) < 4.78 is 27.8. The molecule has 166 valence electrons. The third kappa shape index (κ3) is 5.36. The van der Waals surface area contributed by atoms with E-state index in [2.05, 4.69) is 17.4 Å². The third-order valence-electron chi connectivity index (χ3n) is 6.57. The van der Waals surface area contributed by atoms with Gasteiger partial charge >= 0.3 is 0 Å². The van der Waals surface area contributed by atoms with Crippen LogP contribution in [0.4, 0.5) is 0 Å². The van der Waals surface area contributed by atoms with Crippen molar-refractivity contribution in [3.8, 4) is 0 Å². The number of hydrogen-bond donors (Lipinski definition) is 1. The van der Waals surface area contributed by atoms with Gasteiger partial charge in [0, 0.05) is 25.6 Å². The van der Waals surface area contributed by atoms with E-state index in [1.807, 2.05) is 30.3 Å². The fourth-order valence-electron chi connectivity index (χ4n) is 4.67. The van der Waals surface area contributed by atoms with Crippen LogP contribution in [0.3, 0.4) is 0 Å². The van der Waals surface area contributed by atoms with E-state index in [1.165, 1.54) is 23.1 Å². The average Bonchev–Trinajstić information content (AvgIpc) is 2.82. The monoisotopic (exact) mass is 440 g/mol. The predicted octanol–water partition coefficient (Wildman–Crippen LogP) is 3.72. The van der Waals surface area contributed by atoms with Crippen molar-refractivity contribution in [3.63, 3.8) is 0 Å². The highest BCUT2D eigenvalue weighted by Gasteiger charge is 2.32. The average molecular weight is 441 g/mol. The fraction of sp³-hybridized carbons (Fsp3) is 0.480. The van der Waals surface area contributed by atoms with Gasteiger partial charge in [0.05, 0.1) is 4.90 Å². The van der Waals surface area contributed by atoms with Crippen molar-refractivity contribution in [1.29, 1.82) is 0 Å². The van der Waals surface area contributed by atoms with Gasteiger partial charge in [-0.1, -0.05) is 36.4 Å². The molecule has 0 aromatic heterocycles. The van der Waals surface area contributed by atoms with Crippen LogP contribution in [0.1, 0.15) is 48.8 Å². The van der Waals surface area contributed by atoms with E-state index in [9.17, 15) is 13.2 Å². The van der Waals surface area contributed by atoms with Gasteiger partial charge in [-0.2, -0.15) is 4.31 Å². The molecule has 2 aromatic rings. The van der Waals surface area contributed by atoms with Crippen LogP contribution in [0.15, 0.2) is 53.4 Å². The highest BCUT2D eigenvalue weighted by Crippen LogP contribution is 2.28. The summed E-state index contributed by atoms with van der Waals surface area (Å²) in [7, 11) is -3.49. The molecule has 0 saturated carbocycles. The minimum absolute atomic E-state index is 0.0545. The topological polar surface area (TPSA) is 66.5 Å². The summed E-state index contributed by atoms with van der Waals surface area (Å²) in [5.74, 6) is -0.0504. The number of rotatable bonds is 7. The van der Waals surface area contributed by atoms with Crippen molar-refractivity contribution >= 4 is 15.9 Å². The number of carbonyl (C=O) groups excluding carboxylic acids is 1. The number of sulfonamides is 1. The lowest BCUT2D eigenvalue weighted by Gasteiger charge is -2.31. The Hall–Kier alpha value is -2.18. The van der Waals surface area contributed by atoms with Gasteiger partial charge in [0.15, 0.2) is 0 Å².